The van der Waals surface area contributed by atoms with Crippen LogP contribution < -0.4 is 15.8 Å². The summed E-state index contributed by atoms with van der Waals surface area (Å²) in [5.41, 5.74) is 7.05. The van der Waals surface area contributed by atoms with E-state index in [1.54, 1.807) is 7.11 Å². The van der Waals surface area contributed by atoms with Gasteiger partial charge in [0.05, 0.1) is 7.11 Å². The lowest BCUT2D eigenvalue weighted by atomic mass is 10.1. The normalized spacial score (nSPS) is 22.7. The van der Waals surface area contributed by atoms with E-state index in [4.69, 9.17) is 10.5 Å². The molecular formula is C14H21N3O. The van der Waals surface area contributed by atoms with Gasteiger partial charge in [0, 0.05) is 12.6 Å². The summed E-state index contributed by atoms with van der Waals surface area (Å²) < 4.78 is 5.12. The quantitative estimate of drug-likeness (QED) is 0.613. The molecule has 0 saturated heterocycles. The summed E-state index contributed by atoms with van der Waals surface area (Å²) in [5, 5.41) is 3.22. The van der Waals surface area contributed by atoms with Crippen molar-refractivity contribution in [3.8, 4) is 5.75 Å². The second-order valence-corrected chi connectivity index (χ2v) is 4.83. The Morgan fingerprint density at radius 2 is 2.11 bits per heavy atom. The van der Waals surface area contributed by atoms with Crippen LogP contribution in [0.5, 0.6) is 5.75 Å². The van der Waals surface area contributed by atoms with E-state index >= 15 is 0 Å². The van der Waals surface area contributed by atoms with E-state index in [2.05, 4.69) is 29.4 Å². The second-order valence-electron chi connectivity index (χ2n) is 4.83. The molecule has 0 unspecified atom stereocenters. The number of methoxy groups -OCH3 is 1. The Bertz CT molecular complexity index is 414. The monoisotopic (exact) mass is 247 g/mol. The zero-order valence-corrected chi connectivity index (χ0v) is 11.0. The van der Waals surface area contributed by atoms with E-state index in [9.17, 15) is 0 Å². The summed E-state index contributed by atoms with van der Waals surface area (Å²) >= 11 is 0. The summed E-state index contributed by atoms with van der Waals surface area (Å²) in [6.45, 7) is 2.93. The molecule has 2 atom stereocenters. The average molecular weight is 247 g/mol. The number of nitrogens with two attached hydrogens (primary N) is 1. The molecule has 3 N–H and O–H groups in total. The maximum Gasteiger partial charge on any atom is 0.188 e. The fourth-order valence-electron chi connectivity index (χ4n) is 1.86. The van der Waals surface area contributed by atoms with Crippen LogP contribution >= 0.6 is 0 Å². The lowest BCUT2D eigenvalue weighted by Crippen LogP contribution is -2.34. The maximum absolute atomic E-state index is 5.81. The van der Waals surface area contributed by atoms with E-state index in [1.807, 2.05) is 12.1 Å². The van der Waals surface area contributed by atoms with E-state index in [-0.39, 0.29) is 0 Å². The molecule has 0 heterocycles. The Hall–Kier alpha value is -1.71. The maximum atomic E-state index is 5.81. The highest BCUT2D eigenvalue weighted by atomic mass is 16.5. The highest BCUT2D eigenvalue weighted by Gasteiger charge is 2.32. The number of nitrogens with one attached hydrogen (secondary N) is 1. The van der Waals surface area contributed by atoms with Gasteiger partial charge in [0.1, 0.15) is 5.75 Å². The molecule has 18 heavy (non-hydrogen) atoms. The first-order valence-electron chi connectivity index (χ1n) is 6.38. The van der Waals surface area contributed by atoms with Crippen molar-refractivity contribution in [1.29, 1.82) is 0 Å². The zero-order chi connectivity index (χ0) is 13.0. The van der Waals surface area contributed by atoms with Gasteiger partial charge in [-0.1, -0.05) is 19.1 Å². The van der Waals surface area contributed by atoms with E-state index in [0.29, 0.717) is 18.5 Å². The smallest absolute Gasteiger partial charge is 0.188 e. The third-order valence-corrected chi connectivity index (χ3v) is 3.28. The minimum atomic E-state index is 0.537. The second kappa shape index (κ2) is 5.76. The summed E-state index contributed by atoms with van der Waals surface area (Å²) in [7, 11) is 1.67. The lowest BCUT2D eigenvalue weighted by Gasteiger charge is -2.04. The molecule has 4 nitrogen and oxygen atoms in total. The van der Waals surface area contributed by atoms with Gasteiger partial charge in [-0.05, 0) is 36.5 Å². The van der Waals surface area contributed by atoms with Gasteiger partial charge in [0.2, 0.25) is 0 Å². The van der Waals surface area contributed by atoms with Crippen LogP contribution in [0.2, 0.25) is 0 Å². The van der Waals surface area contributed by atoms with Crippen LogP contribution in [0.4, 0.5) is 0 Å². The molecule has 0 aliphatic heterocycles. The van der Waals surface area contributed by atoms with Gasteiger partial charge >= 0.3 is 0 Å². The number of nitrogens with zero attached hydrogens (tertiary/aromatic N) is 1. The Morgan fingerprint density at radius 1 is 1.44 bits per heavy atom. The van der Waals surface area contributed by atoms with Crippen molar-refractivity contribution in [2.45, 2.75) is 25.8 Å². The third-order valence-electron chi connectivity index (χ3n) is 3.28. The molecule has 1 saturated carbocycles. The van der Waals surface area contributed by atoms with Crippen LogP contribution in [-0.2, 0) is 6.42 Å². The molecule has 0 bridgehead atoms. The third kappa shape index (κ3) is 3.65. The minimum absolute atomic E-state index is 0.537. The van der Waals surface area contributed by atoms with E-state index in [1.165, 1.54) is 12.0 Å². The number of ether oxygens (including phenoxy) is 1. The molecule has 1 aliphatic rings. The van der Waals surface area contributed by atoms with E-state index < -0.39 is 0 Å². The first-order valence-corrected chi connectivity index (χ1v) is 6.38. The fourth-order valence-corrected chi connectivity index (χ4v) is 1.86. The van der Waals surface area contributed by atoms with Crippen molar-refractivity contribution in [2.75, 3.05) is 13.7 Å². The van der Waals surface area contributed by atoms with Gasteiger partial charge in [-0.15, -0.1) is 0 Å². The lowest BCUT2D eigenvalue weighted by molar-refractivity contribution is 0.414. The van der Waals surface area contributed by atoms with Crippen LogP contribution in [0, 0.1) is 5.92 Å². The van der Waals surface area contributed by atoms with E-state index in [0.717, 1.165) is 18.1 Å². The molecule has 1 fully saturated rings. The van der Waals surface area contributed by atoms with Gasteiger partial charge in [-0.2, -0.15) is 0 Å². The molecule has 0 radical (unpaired) electrons. The largest absolute Gasteiger partial charge is 0.497 e. The fraction of sp³-hybridized carbons (Fsp3) is 0.500. The Labute approximate surface area is 108 Å². The zero-order valence-electron chi connectivity index (χ0n) is 11.0. The number of guanidine groups is 1. The van der Waals surface area contributed by atoms with Gasteiger partial charge in [0.25, 0.3) is 0 Å². The predicted molar refractivity (Wildman–Crippen MR) is 73.9 cm³/mol. The standard InChI is InChI=1S/C14H21N3O/c1-10-9-13(10)17-14(15)16-8-7-11-3-5-12(18-2)6-4-11/h3-6,10,13H,7-9H2,1-2H3,(H3,15,16,17)/t10-,13-/m0/s1. The molecule has 2 rings (SSSR count). The van der Waals surface area contributed by atoms with Crippen molar-refractivity contribution in [3.05, 3.63) is 29.8 Å². The van der Waals surface area contributed by atoms with Gasteiger partial charge in [-0.25, -0.2) is 0 Å². The number of benzene rings is 1. The van der Waals surface area contributed by atoms with Gasteiger partial charge in [-0.3, -0.25) is 4.99 Å². The van der Waals surface area contributed by atoms with Gasteiger partial charge in [0.15, 0.2) is 5.96 Å². The van der Waals surface area contributed by atoms with Crippen LogP contribution in [0.15, 0.2) is 29.3 Å². The van der Waals surface area contributed by atoms with Crippen molar-refractivity contribution in [2.24, 2.45) is 16.6 Å². The molecule has 1 aromatic carbocycles. The summed E-state index contributed by atoms with van der Waals surface area (Å²) in [4.78, 5) is 4.33. The summed E-state index contributed by atoms with van der Waals surface area (Å²) in [6.07, 6.45) is 2.10. The first-order chi connectivity index (χ1) is 8.69. The molecule has 0 amide bonds. The average Bonchev–Trinajstić information content (AvgIpc) is 3.05. The SMILES string of the molecule is COc1ccc(CCN=C(N)N[C@H]2C[C@@H]2C)cc1. The first kappa shape index (κ1) is 12.7. The Balaban J connectivity index is 1.74. The molecule has 4 heteroatoms. The van der Waals surface area contributed by atoms with Crippen molar-refractivity contribution in [1.82, 2.24) is 5.32 Å². The predicted octanol–water partition coefficient (Wildman–Crippen LogP) is 1.55. The number of rotatable bonds is 5. The molecule has 0 spiro atoms. The van der Waals surface area contributed by atoms with Crippen LogP contribution in [-0.4, -0.2) is 25.7 Å². The highest BCUT2D eigenvalue weighted by Crippen LogP contribution is 2.28. The highest BCUT2D eigenvalue weighted by molar-refractivity contribution is 5.78. The molecule has 1 aliphatic carbocycles. The topological polar surface area (TPSA) is 59.6 Å². The number of hydrogen-bond acceptors (Lipinski definition) is 2. The molecule has 1 aromatic rings. The van der Waals surface area contributed by atoms with Crippen molar-refractivity contribution in [3.63, 3.8) is 0 Å². The Kier molecular flexibility index (Phi) is 4.07. The van der Waals surface area contributed by atoms with Gasteiger partial charge < -0.3 is 15.8 Å². The molecular weight excluding hydrogens is 226 g/mol. The molecule has 98 valence electrons. The molecule has 0 aromatic heterocycles. The summed E-state index contributed by atoms with van der Waals surface area (Å²) in [5.74, 6) is 2.18. The minimum Gasteiger partial charge on any atom is -0.497 e. The number of hydrogen-bond donors (Lipinski definition) is 2. The summed E-state index contributed by atoms with van der Waals surface area (Å²) in [6, 6.07) is 8.58. The van der Waals surface area contributed by atoms with Crippen LogP contribution in [0.1, 0.15) is 18.9 Å². The van der Waals surface area contributed by atoms with Crippen LogP contribution in [0.3, 0.4) is 0 Å². The Morgan fingerprint density at radius 3 is 2.67 bits per heavy atom. The van der Waals surface area contributed by atoms with Crippen molar-refractivity contribution >= 4 is 5.96 Å². The number of aliphatic imine (C=N–C) groups is 1. The van der Waals surface area contributed by atoms with Crippen LogP contribution in [0.25, 0.3) is 0 Å². The van der Waals surface area contributed by atoms with Crippen molar-refractivity contribution < 1.29 is 4.74 Å².